The smallest absolute Gasteiger partial charge is 0.289 e. The number of hydrogen-bond acceptors (Lipinski definition) is 5. The highest BCUT2D eigenvalue weighted by molar-refractivity contribution is 5.94. The Morgan fingerprint density at radius 2 is 2.23 bits per heavy atom. The van der Waals surface area contributed by atoms with Gasteiger partial charge in [0.05, 0.1) is 23.7 Å². The van der Waals surface area contributed by atoms with Crippen LogP contribution in [0.25, 0.3) is 0 Å². The Balaban J connectivity index is 1.46. The van der Waals surface area contributed by atoms with Crippen molar-refractivity contribution in [3.63, 3.8) is 0 Å². The highest BCUT2D eigenvalue weighted by atomic mass is 16.3. The number of carbonyl (C=O) groups is 2. The fraction of sp³-hybridized carbons (Fsp3) is 0.364. The summed E-state index contributed by atoms with van der Waals surface area (Å²) in [5, 5.41) is 0. The first-order valence-electron chi connectivity index (χ1n) is 10.1. The summed E-state index contributed by atoms with van der Waals surface area (Å²) in [5.41, 5.74) is 1.18. The Morgan fingerprint density at radius 1 is 1.33 bits per heavy atom. The molecule has 3 aromatic rings. The molecule has 2 fully saturated rings. The SMILES string of the molecule is Cn1cnc([C@H]2CN(C(=O)c3ccco3)C[C@]23CCN(Cc2cccnc2)C3=O)c1. The van der Waals surface area contributed by atoms with Crippen molar-refractivity contribution in [1.29, 1.82) is 0 Å². The van der Waals surface area contributed by atoms with E-state index in [0.29, 0.717) is 38.4 Å². The Bertz CT molecular complexity index is 1060. The summed E-state index contributed by atoms with van der Waals surface area (Å²) in [5.74, 6) is 0.0431. The second-order valence-corrected chi connectivity index (χ2v) is 8.17. The maximum atomic E-state index is 13.7. The molecule has 8 nitrogen and oxygen atoms in total. The third-order valence-corrected chi connectivity index (χ3v) is 6.28. The van der Waals surface area contributed by atoms with Gasteiger partial charge in [0.25, 0.3) is 5.91 Å². The van der Waals surface area contributed by atoms with Crippen LogP contribution in [0.3, 0.4) is 0 Å². The number of aromatic nitrogens is 3. The number of hydrogen-bond donors (Lipinski definition) is 0. The summed E-state index contributed by atoms with van der Waals surface area (Å²) in [6.07, 6.45) is 9.39. The van der Waals surface area contributed by atoms with E-state index >= 15 is 0 Å². The molecule has 5 rings (SSSR count). The van der Waals surface area contributed by atoms with E-state index in [1.165, 1.54) is 6.26 Å². The minimum atomic E-state index is -0.668. The molecule has 2 amide bonds. The zero-order valence-corrected chi connectivity index (χ0v) is 16.8. The van der Waals surface area contributed by atoms with E-state index in [4.69, 9.17) is 4.42 Å². The Labute approximate surface area is 174 Å². The van der Waals surface area contributed by atoms with Crippen molar-refractivity contribution in [3.8, 4) is 0 Å². The van der Waals surface area contributed by atoms with Gasteiger partial charge in [0, 0.05) is 57.7 Å². The molecule has 2 aliphatic heterocycles. The van der Waals surface area contributed by atoms with Crippen molar-refractivity contribution < 1.29 is 14.0 Å². The van der Waals surface area contributed by atoms with Gasteiger partial charge in [-0.2, -0.15) is 0 Å². The molecule has 30 heavy (non-hydrogen) atoms. The Morgan fingerprint density at radius 3 is 2.93 bits per heavy atom. The van der Waals surface area contributed by atoms with E-state index < -0.39 is 5.41 Å². The molecule has 2 atom stereocenters. The molecule has 0 unspecified atom stereocenters. The number of furan rings is 1. The van der Waals surface area contributed by atoms with E-state index in [-0.39, 0.29) is 17.7 Å². The number of pyridine rings is 1. The molecule has 2 saturated heterocycles. The summed E-state index contributed by atoms with van der Waals surface area (Å²) in [4.78, 5) is 39.0. The highest BCUT2D eigenvalue weighted by Crippen LogP contribution is 2.50. The first-order chi connectivity index (χ1) is 14.6. The van der Waals surface area contributed by atoms with Crippen LogP contribution in [0.2, 0.25) is 0 Å². The zero-order valence-electron chi connectivity index (χ0n) is 16.8. The third-order valence-electron chi connectivity index (χ3n) is 6.28. The lowest BCUT2D eigenvalue weighted by molar-refractivity contribution is -0.136. The number of rotatable bonds is 4. The van der Waals surface area contributed by atoms with E-state index in [0.717, 1.165) is 11.3 Å². The molecule has 3 aromatic heterocycles. The van der Waals surface area contributed by atoms with Gasteiger partial charge in [0.1, 0.15) is 0 Å². The van der Waals surface area contributed by atoms with Gasteiger partial charge in [-0.1, -0.05) is 6.07 Å². The minimum absolute atomic E-state index is 0.0803. The molecular formula is C22H23N5O3. The minimum Gasteiger partial charge on any atom is -0.459 e. The summed E-state index contributed by atoms with van der Waals surface area (Å²) >= 11 is 0. The summed E-state index contributed by atoms with van der Waals surface area (Å²) in [6, 6.07) is 7.21. The fourth-order valence-corrected chi connectivity index (χ4v) is 4.80. The third kappa shape index (κ3) is 2.99. The molecule has 8 heteroatoms. The van der Waals surface area contributed by atoms with Gasteiger partial charge in [0.2, 0.25) is 5.91 Å². The molecule has 0 saturated carbocycles. The van der Waals surface area contributed by atoms with Gasteiger partial charge in [-0.05, 0) is 30.2 Å². The molecule has 0 radical (unpaired) electrons. The average molecular weight is 405 g/mol. The van der Waals surface area contributed by atoms with Crippen LogP contribution < -0.4 is 0 Å². The number of likely N-dealkylation sites (tertiary alicyclic amines) is 2. The van der Waals surface area contributed by atoms with Crippen LogP contribution in [0.15, 0.2) is 59.9 Å². The summed E-state index contributed by atoms with van der Waals surface area (Å²) in [6.45, 7) is 1.99. The molecule has 0 N–H and O–H groups in total. The van der Waals surface area contributed by atoms with Crippen molar-refractivity contribution in [2.24, 2.45) is 12.5 Å². The van der Waals surface area contributed by atoms with Crippen LogP contribution in [0.4, 0.5) is 0 Å². The van der Waals surface area contributed by atoms with Crippen LogP contribution in [0.5, 0.6) is 0 Å². The van der Waals surface area contributed by atoms with Crippen LogP contribution in [0.1, 0.15) is 34.2 Å². The summed E-state index contributed by atoms with van der Waals surface area (Å²) in [7, 11) is 1.91. The predicted molar refractivity (Wildman–Crippen MR) is 107 cm³/mol. The maximum absolute atomic E-state index is 13.7. The molecule has 2 aliphatic rings. The van der Waals surface area contributed by atoms with Gasteiger partial charge < -0.3 is 18.8 Å². The quantitative estimate of drug-likeness (QED) is 0.663. The molecule has 154 valence electrons. The van der Waals surface area contributed by atoms with Gasteiger partial charge in [-0.15, -0.1) is 0 Å². The van der Waals surface area contributed by atoms with Crippen molar-refractivity contribution in [2.75, 3.05) is 19.6 Å². The van der Waals surface area contributed by atoms with Crippen LogP contribution >= 0.6 is 0 Å². The first-order valence-corrected chi connectivity index (χ1v) is 10.1. The normalized spacial score (nSPS) is 23.6. The van der Waals surface area contributed by atoms with Crippen molar-refractivity contribution in [2.45, 2.75) is 18.9 Å². The van der Waals surface area contributed by atoms with Crippen LogP contribution in [-0.2, 0) is 18.4 Å². The van der Waals surface area contributed by atoms with Gasteiger partial charge in [-0.25, -0.2) is 4.98 Å². The van der Waals surface area contributed by atoms with Crippen molar-refractivity contribution in [1.82, 2.24) is 24.3 Å². The fourth-order valence-electron chi connectivity index (χ4n) is 4.80. The molecule has 0 aliphatic carbocycles. The molecule has 0 aromatic carbocycles. The lowest BCUT2D eigenvalue weighted by Crippen LogP contribution is -2.40. The largest absolute Gasteiger partial charge is 0.459 e. The highest BCUT2D eigenvalue weighted by Gasteiger charge is 2.58. The maximum Gasteiger partial charge on any atom is 0.289 e. The monoisotopic (exact) mass is 405 g/mol. The van der Waals surface area contributed by atoms with Crippen molar-refractivity contribution >= 4 is 11.8 Å². The second-order valence-electron chi connectivity index (χ2n) is 8.17. The van der Waals surface area contributed by atoms with Gasteiger partial charge in [0.15, 0.2) is 5.76 Å². The van der Waals surface area contributed by atoms with Crippen LogP contribution in [-0.4, -0.2) is 55.8 Å². The van der Waals surface area contributed by atoms with E-state index in [2.05, 4.69) is 9.97 Å². The lowest BCUT2D eigenvalue weighted by Gasteiger charge is -2.27. The average Bonchev–Trinajstić information content (AvgIpc) is 3.54. The number of nitrogens with zero attached hydrogens (tertiary/aromatic N) is 5. The number of amides is 2. The lowest BCUT2D eigenvalue weighted by atomic mass is 9.75. The van der Waals surface area contributed by atoms with Crippen molar-refractivity contribution in [3.05, 3.63) is 72.5 Å². The molecular weight excluding hydrogens is 382 g/mol. The zero-order chi connectivity index (χ0) is 20.7. The standard InChI is InChI=1S/C22H23N5O3/c1-25-13-18(24-15-25)17-12-27(20(28)19-5-3-9-30-19)14-22(17)6-8-26(21(22)29)11-16-4-2-7-23-10-16/h2-5,7,9-10,13,15,17H,6,8,11-12,14H2,1H3/t17-,22-/m1/s1. The number of carbonyl (C=O) groups excluding carboxylic acids is 2. The molecule has 0 bridgehead atoms. The predicted octanol–water partition coefficient (Wildman–Crippen LogP) is 2.07. The molecule has 1 spiro atoms. The first kappa shape index (κ1) is 18.6. The van der Waals surface area contributed by atoms with E-state index in [1.807, 2.05) is 34.8 Å². The van der Waals surface area contributed by atoms with Gasteiger partial charge in [-0.3, -0.25) is 14.6 Å². The second kappa shape index (κ2) is 7.12. The number of aryl methyl sites for hydroxylation is 1. The summed E-state index contributed by atoms with van der Waals surface area (Å²) < 4.78 is 7.20. The van der Waals surface area contributed by atoms with Crippen LogP contribution in [0, 0.1) is 5.41 Å². The Hall–Kier alpha value is -3.42. The molecule has 5 heterocycles. The number of imidazole rings is 1. The van der Waals surface area contributed by atoms with E-state index in [1.54, 1.807) is 35.8 Å². The van der Waals surface area contributed by atoms with Gasteiger partial charge >= 0.3 is 0 Å². The topological polar surface area (TPSA) is 84.5 Å². The van der Waals surface area contributed by atoms with E-state index in [9.17, 15) is 9.59 Å². The Kier molecular flexibility index (Phi) is 4.42.